The summed E-state index contributed by atoms with van der Waals surface area (Å²) in [5.74, 6) is 1.52. The average molecular weight is 548 g/mol. The SMILES string of the molecule is CCC(CC)CN1CCC(S(=O)(=O)CCCOc2ccc3nc4[nH]c(=O)[nH]c4cc3c2)CC1.Cl.Cl. The molecule has 0 atom stereocenters. The van der Waals surface area contributed by atoms with E-state index in [4.69, 9.17) is 4.74 Å². The second kappa shape index (κ2) is 12.9. The smallest absolute Gasteiger partial charge is 0.325 e. The van der Waals surface area contributed by atoms with E-state index < -0.39 is 9.84 Å². The molecule has 0 saturated carbocycles. The van der Waals surface area contributed by atoms with Crippen LogP contribution in [0.5, 0.6) is 5.75 Å². The van der Waals surface area contributed by atoms with Gasteiger partial charge in [0.15, 0.2) is 15.5 Å². The van der Waals surface area contributed by atoms with Gasteiger partial charge in [0.2, 0.25) is 0 Å². The Morgan fingerprint density at radius 3 is 2.51 bits per heavy atom. The van der Waals surface area contributed by atoms with E-state index in [1.807, 2.05) is 24.3 Å². The molecule has 1 aromatic carbocycles. The highest BCUT2D eigenvalue weighted by molar-refractivity contribution is 7.92. The van der Waals surface area contributed by atoms with Gasteiger partial charge in [-0.3, -0.25) is 4.98 Å². The Bertz CT molecular complexity index is 1250. The molecule has 0 aliphatic carbocycles. The van der Waals surface area contributed by atoms with Gasteiger partial charge in [-0.25, -0.2) is 18.2 Å². The van der Waals surface area contributed by atoms with Gasteiger partial charge in [-0.2, -0.15) is 0 Å². The van der Waals surface area contributed by atoms with Crippen LogP contribution in [0.1, 0.15) is 46.0 Å². The fourth-order valence-electron chi connectivity index (χ4n) is 4.68. The third-order valence-electron chi connectivity index (χ3n) is 6.82. The molecule has 3 heterocycles. The highest BCUT2D eigenvalue weighted by Crippen LogP contribution is 2.23. The number of fused-ring (bicyclic) bond motifs is 2. The number of benzene rings is 1. The van der Waals surface area contributed by atoms with Gasteiger partial charge in [0.05, 0.1) is 28.6 Å². The molecule has 0 radical (unpaired) electrons. The molecule has 2 aromatic heterocycles. The second-order valence-corrected chi connectivity index (χ2v) is 11.5. The molecule has 1 aliphatic rings. The molecule has 4 rings (SSSR count). The van der Waals surface area contributed by atoms with Crippen LogP contribution in [0.2, 0.25) is 0 Å². The number of hydrogen-bond acceptors (Lipinski definition) is 6. The number of H-pyrrole nitrogens is 2. The van der Waals surface area contributed by atoms with E-state index >= 15 is 0 Å². The van der Waals surface area contributed by atoms with E-state index in [2.05, 4.69) is 33.7 Å². The minimum atomic E-state index is -3.11. The van der Waals surface area contributed by atoms with Crippen molar-refractivity contribution in [2.24, 2.45) is 5.92 Å². The van der Waals surface area contributed by atoms with Crippen LogP contribution < -0.4 is 10.4 Å². The average Bonchev–Trinajstić information content (AvgIpc) is 3.17. The monoisotopic (exact) mass is 546 g/mol. The van der Waals surface area contributed by atoms with E-state index in [0.29, 0.717) is 35.9 Å². The lowest BCUT2D eigenvalue weighted by molar-refractivity contribution is 0.191. The fourth-order valence-corrected chi connectivity index (χ4v) is 6.46. The number of halogens is 2. The van der Waals surface area contributed by atoms with Crippen LogP contribution in [0.15, 0.2) is 29.1 Å². The molecule has 0 spiro atoms. The van der Waals surface area contributed by atoms with Crippen molar-refractivity contribution in [1.82, 2.24) is 19.9 Å². The van der Waals surface area contributed by atoms with Crippen LogP contribution in [0.4, 0.5) is 0 Å². The zero-order valence-corrected chi connectivity index (χ0v) is 22.7. The third kappa shape index (κ3) is 7.35. The summed E-state index contributed by atoms with van der Waals surface area (Å²) in [6, 6.07) is 7.36. The van der Waals surface area contributed by atoms with Gasteiger partial charge in [0, 0.05) is 11.9 Å². The molecule has 0 amide bonds. The van der Waals surface area contributed by atoms with Crippen molar-refractivity contribution in [1.29, 1.82) is 0 Å². The number of rotatable bonds is 10. The van der Waals surface area contributed by atoms with Gasteiger partial charge in [-0.15, -0.1) is 24.8 Å². The largest absolute Gasteiger partial charge is 0.494 e. The lowest BCUT2D eigenvalue weighted by atomic mass is 10.0. The molecule has 0 bridgehead atoms. The van der Waals surface area contributed by atoms with Crippen molar-refractivity contribution in [2.45, 2.75) is 51.2 Å². The van der Waals surface area contributed by atoms with Gasteiger partial charge in [0.1, 0.15) is 5.75 Å². The first kappa shape index (κ1) is 29.4. The van der Waals surface area contributed by atoms with Crippen LogP contribution in [-0.4, -0.2) is 65.5 Å². The number of pyridine rings is 1. The molecule has 3 aromatic rings. The summed E-state index contributed by atoms with van der Waals surface area (Å²) in [5, 5.41) is 0.621. The number of aromatic nitrogens is 3. The summed E-state index contributed by atoms with van der Waals surface area (Å²) in [4.78, 5) is 23.7. The molecular weight excluding hydrogens is 511 g/mol. The summed E-state index contributed by atoms with van der Waals surface area (Å²) in [6.07, 6.45) is 4.29. The maximum Gasteiger partial charge on any atom is 0.325 e. The Labute approximate surface area is 219 Å². The lowest BCUT2D eigenvalue weighted by Crippen LogP contribution is -2.42. The van der Waals surface area contributed by atoms with E-state index in [9.17, 15) is 13.2 Å². The summed E-state index contributed by atoms with van der Waals surface area (Å²) < 4.78 is 31.5. The van der Waals surface area contributed by atoms with Crippen LogP contribution in [0.25, 0.3) is 22.1 Å². The number of piperidine rings is 1. The number of sulfone groups is 1. The summed E-state index contributed by atoms with van der Waals surface area (Å²) in [5.41, 5.74) is 1.62. The molecule has 35 heavy (non-hydrogen) atoms. The second-order valence-electron chi connectivity index (χ2n) is 9.07. The fraction of sp³-hybridized carbons (Fsp3) is 0.583. The highest BCUT2D eigenvalue weighted by atomic mass is 35.5. The maximum atomic E-state index is 12.8. The predicted molar refractivity (Wildman–Crippen MR) is 146 cm³/mol. The van der Waals surface area contributed by atoms with Crippen molar-refractivity contribution in [3.05, 3.63) is 34.7 Å². The van der Waals surface area contributed by atoms with Gasteiger partial charge in [0.25, 0.3) is 0 Å². The predicted octanol–water partition coefficient (Wildman–Crippen LogP) is 4.33. The van der Waals surface area contributed by atoms with Gasteiger partial charge < -0.3 is 14.6 Å². The Kier molecular flexibility index (Phi) is 10.9. The van der Waals surface area contributed by atoms with Crippen molar-refractivity contribution in [3.63, 3.8) is 0 Å². The Morgan fingerprint density at radius 2 is 1.83 bits per heavy atom. The molecule has 1 fully saturated rings. The van der Waals surface area contributed by atoms with Gasteiger partial charge in [-0.1, -0.05) is 26.7 Å². The lowest BCUT2D eigenvalue weighted by Gasteiger charge is -2.33. The number of nitrogens with one attached hydrogen (secondary N) is 2. The van der Waals surface area contributed by atoms with Crippen molar-refractivity contribution < 1.29 is 13.2 Å². The third-order valence-corrected chi connectivity index (χ3v) is 9.17. The van der Waals surface area contributed by atoms with Crippen LogP contribution in [0, 0.1) is 5.92 Å². The Hall–Kier alpha value is -1.81. The molecule has 11 heteroatoms. The topological polar surface area (TPSA) is 108 Å². The van der Waals surface area contributed by atoms with E-state index in [-0.39, 0.29) is 41.5 Å². The maximum absolute atomic E-state index is 12.8. The molecule has 1 saturated heterocycles. The van der Waals surface area contributed by atoms with Crippen molar-refractivity contribution >= 4 is 56.7 Å². The summed E-state index contributed by atoms with van der Waals surface area (Å²) >= 11 is 0. The van der Waals surface area contributed by atoms with Gasteiger partial charge in [-0.05, 0) is 62.5 Å². The molecule has 196 valence electrons. The summed E-state index contributed by atoms with van der Waals surface area (Å²) in [6.45, 7) is 7.63. The van der Waals surface area contributed by atoms with E-state index in [1.54, 1.807) is 0 Å². The molecule has 0 unspecified atom stereocenters. The number of aromatic amines is 2. The van der Waals surface area contributed by atoms with E-state index in [1.165, 1.54) is 12.8 Å². The minimum absolute atomic E-state index is 0. The normalized spacial score (nSPS) is 15.3. The van der Waals surface area contributed by atoms with Crippen LogP contribution >= 0.6 is 24.8 Å². The molecular formula is C24H36Cl2N4O4S. The standard InChI is InChI=1S/C24H34N4O4S.2ClH/c1-3-17(4-2)16-28-10-8-20(9-11-28)33(30,31)13-5-12-32-19-6-7-21-18(14-19)15-22-23(25-21)27-24(29)26-22;;/h6-7,14-15,17,20H,3-5,8-13,16H2,1-2H3,(H2,25,26,27,29);2*1H. The van der Waals surface area contributed by atoms with E-state index in [0.717, 1.165) is 43.4 Å². The first-order chi connectivity index (χ1) is 15.9. The number of likely N-dealkylation sites (tertiary alicyclic amines) is 1. The zero-order valence-electron chi connectivity index (χ0n) is 20.3. The quantitative estimate of drug-likeness (QED) is 0.366. The number of hydrogen-bond donors (Lipinski definition) is 2. The first-order valence-electron chi connectivity index (χ1n) is 12.0. The van der Waals surface area contributed by atoms with Crippen LogP contribution in [0.3, 0.4) is 0 Å². The number of ether oxygens (including phenoxy) is 1. The number of nitrogens with zero attached hydrogens (tertiary/aromatic N) is 2. The highest BCUT2D eigenvalue weighted by Gasteiger charge is 2.30. The Morgan fingerprint density at radius 1 is 1.11 bits per heavy atom. The first-order valence-corrected chi connectivity index (χ1v) is 13.7. The number of imidazole rings is 1. The minimum Gasteiger partial charge on any atom is -0.494 e. The summed E-state index contributed by atoms with van der Waals surface area (Å²) in [7, 11) is -3.11. The van der Waals surface area contributed by atoms with Crippen LogP contribution in [-0.2, 0) is 9.84 Å². The molecule has 2 N–H and O–H groups in total. The Balaban J connectivity index is 0.00000216. The zero-order chi connectivity index (χ0) is 23.4. The van der Waals surface area contributed by atoms with Gasteiger partial charge >= 0.3 is 5.69 Å². The van der Waals surface area contributed by atoms with Crippen molar-refractivity contribution in [3.8, 4) is 5.75 Å². The molecule has 1 aliphatic heterocycles. The van der Waals surface area contributed by atoms with Crippen molar-refractivity contribution in [2.75, 3.05) is 32.0 Å². The molecule has 8 nitrogen and oxygen atoms in total.